The Morgan fingerprint density at radius 1 is 1.15 bits per heavy atom. The van der Waals surface area contributed by atoms with Gasteiger partial charge in [0.25, 0.3) is 0 Å². The summed E-state index contributed by atoms with van der Waals surface area (Å²) in [6.07, 6.45) is 0. The molecule has 0 amide bonds. The summed E-state index contributed by atoms with van der Waals surface area (Å²) < 4.78 is 10.8. The standard InChI is InChI=1S/C20H20N2O3S/c1-13-17(19(23)25-12-14-7-4-3-5-8-14)18(22-20(26)21-13)15-9-6-10-16(11-15)24-2/h3-11,18H,12H2,1-2H3,(H2,21,22,26)/t18-/m1/s1. The molecule has 2 aromatic rings. The smallest absolute Gasteiger partial charge is 0.338 e. The number of hydrogen-bond donors (Lipinski definition) is 2. The second-order valence-corrected chi connectivity index (χ2v) is 6.32. The second-order valence-electron chi connectivity index (χ2n) is 5.91. The zero-order chi connectivity index (χ0) is 18.5. The van der Waals surface area contributed by atoms with E-state index in [1.54, 1.807) is 7.11 Å². The van der Waals surface area contributed by atoms with E-state index in [2.05, 4.69) is 10.6 Å². The van der Waals surface area contributed by atoms with Crippen LogP contribution in [-0.2, 0) is 16.1 Å². The van der Waals surface area contributed by atoms with Crippen LogP contribution in [0.2, 0.25) is 0 Å². The van der Waals surface area contributed by atoms with Crippen LogP contribution >= 0.6 is 12.2 Å². The van der Waals surface area contributed by atoms with Crippen molar-refractivity contribution in [3.8, 4) is 5.75 Å². The molecule has 0 unspecified atom stereocenters. The van der Waals surface area contributed by atoms with Gasteiger partial charge >= 0.3 is 5.97 Å². The van der Waals surface area contributed by atoms with Crippen LogP contribution in [0, 0.1) is 0 Å². The molecular weight excluding hydrogens is 348 g/mol. The van der Waals surface area contributed by atoms with Crippen molar-refractivity contribution in [2.24, 2.45) is 0 Å². The molecule has 134 valence electrons. The number of methoxy groups -OCH3 is 1. The normalized spacial score (nSPS) is 16.5. The molecule has 2 N–H and O–H groups in total. The van der Waals surface area contributed by atoms with Crippen LogP contribution < -0.4 is 15.4 Å². The number of allylic oxidation sites excluding steroid dienone is 1. The fraction of sp³-hybridized carbons (Fsp3) is 0.200. The molecule has 0 aromatic heterocycles. The van der Waals surface area contributed by atoms with Crippen molar-refractivity contribution in [1.82, 2.24) is 10.6 Å². The van der Waals surface area contributed by atoms with Gasteiger partial charge in [0.1, 0.15) is 12.4 Å². The van der Waals surface area contributed by atoms with E-state index < -0.39 is 6.04 Å². The summed E-state index contributed by atoms with van der Waals surface area (Å²) >= 11 is 5.26. The third-order valence-corrected chi connectivity index (χ3v) is 4.35. The molecule has 1 aliphatic heterocycles. The number of esters is 1. The highest BCUT2D eigenvalue weighted by molar-refractivity contribution is 7.80. The predicted octanol–water partition coefficient (Wildman–Crippen LogP) is 3.23. The summed E-state index contributed by atoms with van der Waals surface area (Å²) in [7, 11) is 1.61. The van der Waals surface area contributed by atoms with Crippen molar-refractivity contribution in [2.75, 3.05) is 7.11 Å². The third kappa shape index (κ3) is 4.03. The lowest BCUT2D eigenvalue weighted by atomic mass is 9.95. The summed E-state index contributed by atoms with van der Waals surface area (Å²) in [6.45, 7) is 2.03. The zero-order valence-electron chi connectivity index (χ0n) is 14.6. The molecule has 0 saturated carbocycles. The van der Waals surface area contributed by atoms with Gasteiger partial charge in [0.05, 0.1) is 18.7 Å². The minimum absolute atomic E-state index is 0.214. The Balaban J connectivity index is 1.86. The van der Waals surface area contributed by atoms with Crippen LogP contribution in [0.3, 0.4) is 0 Å². The number of rotatable bonds is 5. The largest absolute Gasteiger partial charge is 0.497 e. The van der Waals surface area contributed by atoms with E-state index >= 15 is 0 Å². The predicted molar refractivity (Wildman–Crippen MR) is 104 cm³/mol. The number of hydrogen-bond acceptors (Lipinski definition) is 4. The lowest BCUT2D eigenvalue weighted by molar-refractivity contribution is -0.140. The quantitative estimate of drug-likeness (QED) is 0.624. The summed E-state index contributed by atoms with van der Waals surface area (Å²) in [5.74, 6) is 0.324. The number of carbonyl (C=O) groups is 1. The van der Waals surface area contributed by atoms with Gasteiger partial charge in [0.2, 0.25) is 0 Å². The Labute approximate surface area is 158 Å². The Morgan fingerprint density at radius 3 is 2.65 bits per heavy atom. The average Bonchev–Trinajstić information content (AvgIpc) is 2.66. The van der Waals surface area contributed by atoms with Crippen molar-refractivity contribution in [1.29, 1.82) is 0 Å². The van der Waals surface area contributed by atoms with Crippen LogP contribution in [0.25, 0.3) is 0 Å². The van der Waals surface area contributed by atoms with E-state index in [0.29, 0.717) is 22.1 Å². The van der Waals surface area contributed by atoms with Crippen LogP contribution in [-0.4, -0.2) is 18.2 Å². The molecule has 1 aliphatic rings. The zero-order valence-corrected chi connectivity index (χ0v) is 15.4. The first-order chi connectivity index (χ1) is 12.6. The number of benzene rings is 2. The Hall–Kier alpha value is -2.86. The monoisotopic (exact) mass is 368 g/mol. The average molecular weight is 368 g/mol. The molecule has 1 atom stereocenters. The Morgan fingerprint density at radius 2 is 1.92 bits per heavy atom. The molecule has 0 spiro atoms. The van der Waals surface area contributed by atoms with E-state index in [1.807, 2.05) is 61.5 Å². The first-order valence-electron chi connectivity index (χ1n) is 8.22. The number of nitrogens with one attached hydrogen (secondary N) is 2. The van der Waals surface area contributed by atoms with Gasteiger partial charge in [-0.15, -0.1) is 0 Å². The van der Waals surface area contributed by atoms with Gasteiger partial charge in [-0.1, -0.05) is 42.5 Å². The van der Waals surface area contributed by atoms with Crippen LogP contribution in [0.4, 0.5) is 0 Å². The van der Waals surface area contributed by atoms with Crippen LogP contribution in [0.5, 0.6) is 5.75 Å². The lowest BCUT2D eigenvalue weighted by Crippen LogP contribution is -2.45. The van der Waals surface area contributed by atoms with E-state index in [-0.39, 0.29) is 12.6 Å². The number of thiocarbonyl (C=S) groups is 1. The van der Waals surface area contributed by atoms with E-state index in [0.717, 1.165) is 11.1 Å². The first-order valence-corrected chi connectivity index (χ1v) is 8.62. The molecule has 0 fully saturated rings. The fourth-order valence-electron chi connectivity index (χ4n) is 2.84. The maximum Gasteiger partial charge on any atom is 0.338 e. The van der Waals surface area contributed by atoms with Gasteiger partial charge < -0.3 is 20.1 Å². The van der Waals surface area contributed by atoms with Crippen LogP contribution in [0.1, 0.15) is 24.1 Å². The maximum absolute atomic E-state index is 12.8. The van der Waals surface area contributed by atoms with Crippen molar-refractivity contribution in [3.63, 3.8) is 0 Å². The van der Waals surface area contributed by atoms with Gasteiger partial charge in [-0.3, -0.25) is 0 Å². The van der Waals surface area contributed by atoms with E-state index in [4.69, 9.17) is 21.7 Å². The first kappa shape index (κ1) is 17.9. The van der Waals surface area contributed by atoms with E-state index in [1.165, 1.54) is 0 Å². The topological polar surface area (TPSA) is 59.6 Å². The highest BCUT2D eigenvalue weighted by atomic mass is 32.1. The molecule has 3 rings (SSSR count). The van der Waals surface area contributed by atoms with Gasteiger partial charge in [-0.05, 0) is 42.4 Å². The second kappa shape index (κ2) is 8.01. The molecular formula is C20H20N2O3S. The highest BCUT2D eigenvalue weighted by Crippen LogP contribution is 2.29. The highest BCUT2D eigenvalue weighted by Gasteiger charge is 2.31. The van der Waals surface area contributed by atoms with Crippen molar-refractivity contribution in [2.45, 2.75) is 19.6 Å². The Kier molecular flexibility index (Phi) is 5.53. The molecule has 0 bridgehead atoms. The van der Waals surface area contributed by atoms with E-state index in [9.17, 15) is 4.79 Å². The molecule has 0 radical (unpaired) electrons. The maximum atomic E-state index is 12.8. The van der Waals surface area contributed by atoms with Crippen molar-refractivity contribution < 1.29 is 14.3 Å². The summed E-state index contributed by atoms with van der Waals surface area (Å²) in [4.78, 5) is 12.8. The fourth-order valence-corrected chi connectivity index (χ4v) is 3.11. The molecule has 5 nitrogen and oxygen atoms in total. The number of ether oxygens (including phenoxy) is 2. The molecule has 2 aromatic carbocycles. The van der Waals surface area contributed by atoms with Crippen molar-refractivity contribution >= 4 is 23.3 Å². The van der Waals surface area contributed by atoms with Crippen LogP contribution in [0.15, 0.2) is 65.9 Å². The summed E-state index contributed by atoms with van der Waals surface area (Å²) in [5, 5.41) is 6.62. The third-order valence-electron chi connectivity index (χ3n) is 4.13. The minimum Gasteiger partial charge on any atom is -0.497 e. The minimum atomic E-state index is -0.401. The molecule has 26 heavy (non-hydrogen) atoms. The lowest BCUT2D eigenvalue weighted by Gasteiger charge is -2.30. The summed E-state index contributed by atoms with van der Waals surface area (Å²) in [6, 6.07) is 16.7. The van der Waals surface area contributed by atoms with Gasteiger partial charge in [-0.25, -0.2) is 4.79 Å². The van der Waals surface area contributed by atoms with Gasteiger partial charge in [0, 0.05) is 5.70 Å². The summed E-state index contributed by atoms with van der Waals surface area (Å²) in [5.41, 5.74) is 2.99. The number of carbonyl (C=O) groups excluding carboxylic acids is 1. The van der Waals surface area contributed by atoms with Crippen molar-refractivity contribution in [3.05, 3.63) is 77.0 Å². The SMILES string of the molecule is COc1cccc([C@H]2NC(=S)NC(C)=C2C(=O)OCc2ccccc2)c1. The molecule has 0 aliphatic carbocycles. The molecule has 1 heterocycles. The Bertz CT molecular complexity index is 849. The molecule has 6 heteroatoms. The van der Waals surface area contributed by atoms with Gasteiger partial charge in [-0.2, -0.15) is 0 Å². The molecule has 0 saturated heterocycles. The van der Waals surface area contributed by atoms with Gasteiger partial charge in [0.15, 0.2) is 5.11 Å².